The molecule has 0 aromatic heterocycles. The van der Waals surface area contributed by atoms with Gasteiger partial charge >= 0.3 is 0 Å². The number of rotatable bonds is 2. The first-order chi connectivity index (χ1) is 7.68. The van der Waals surface area contributed by atoms with Crippen LogP contribution in [0.4, 0.5) is 0 Å². The summed E-state index contributed by atoms with van der Waals surface area (Å²) < 4.78 is 0. The Bertz CT molecular complexity index is 206. The van der Waals surface area contributed by atoms with E-state index >= 15 is 0 Å². The van der Waals surface area contributed by atoms with Crippen LogP contribution >= 0.6 is 11.8 Å². The second kappa shape index (κ2) is 5.74. The minimum atomic E-state index is -0.373. The van der Waals surface area contributed by atoms with E-state index in [1.807, 2.05) is 0 Å². The highest BCUT2D eigenvalue weighted by molar-refractivity contribution is 7.99. The summed E-state index contributed by atoms with van der Waals surface area (Å²) in [5.74, 6) is 3.36. The lowest BCUT2D eigenvalue weighted by atomic mass is 9.79. The molecule has 0 spiro atoms. The highest BCUT2D eigenvalue weighted by Gasteiger charge is 2.33. The number of thioether (sulfide) groups is 1. The molecule has 1 heterocycles. The molecule has 2 fully saturated rings. The molecule has 2 nitrogen and oxygen atoms in total. The maximum absolute atomic E-state index is 10.6. The lowest BCUT2D eigenvalue weighted by Gasteiger charge is -2.38. The van der Waals surface area contributed by atoms with Crippen LogP contribution in [0.2, 0.25) is 0 Å². The van der Waals surface area contributed by atoms with Gasteiger partial charge in [-0.1, -0.05) is 6.92 Å². The van der Waals surface area contributed by atoms with Crippen molar-refractivity contribution in [2.24, 2.45) is 5.92 Å². The van der Waals surface area contributed by atoms with E-state index in [1.54, 1.807) is 0 Å². The highest BCUT2D eigenvalue weighted by atomic mass is 32.2. The highest BCUT2D eigenvalue weighted by Crippen LogP contribution is 2.32. The monoisotopic (exact) mass is 243 g/mol. The Kier molecular flexibility index (Phi) is 4.57. The summed E-state index contributed by atoms with van der Waals surface area (Å²) in [4.78, 5) is 2.48. The molecule has 1 N–H and O–H groups in total. The Balaban J connectivity index is 1.82. The molecule has 2 rings (SSSR count). The molecule has 94 valence electrons. The quantitative estimate of drug-likeness (QED) is 0.805. The number of aliphatic hydroxyl groups is 1. The zero-order valence-corrected chi connectivity index (χ0v) is 11.3. The lowest BCUT2D eigenvalue weighted by molar-refractivity contribution is -0.0336. The van der Waals surface area contributed by atoms with Gasteiger partial charge in [0.25, 0.3) is 0 Å². The second-order valence-corrected chi connectivity index (χ2v) is 6.87. The van der Waals surface area contributed by atoms with Crippen LogP contribution in [0, 0.1) is 5.92 Å². The number of β-amino-alcohol motifs (C(OH)–C–C–N with tert-alkyl or cyclic N) is 1. The maximum atomic E-state index is 10.6. The molecular formula is C13H25NOS. The van der Waals surface area contributed by atoms with Gasteiger partial charge in [-0.2, -0.15) is 11.8 Å². The van der Waals surface area contributed by atoms with E-state index in [2.05, 4.69) is 23.6 Å². The summed E-state index contributed by atoms with van der Waals surface area (Å²) in [6, 6.07) is 0. The molecule has 1 saturated heterocycles. The first kappa shape index (κ1) is 12.7. The molecular weight excluding hydrogens is 218 g/mol. The van der Waals surface area contributed by atoms with Gasteiger partial charge in [-0.25, -0.2) is 0 Å². The molecule has 2 aliphatic rings. The van der Waals surface area contributed by atoms with Gasteiger partial charge < -0.3 is 5.11 Å². The molecule has 1 aliphatic heterocycles. The van der Waals surface area contributed by atoms with E-state index < -0.39 is 0 Å². The van der Waals surface area contributed by atoms with Crippen molar-refractivity contribution in [1.29, 1.82) is 0 Å². The predicted molar refractivity (Wildman–Crippen MR) is 71.0 cm³/mol. The van der Waals surface area contributed by atoms with E-state index in [-0.39, 0.29) is 5.60 Å². The Morgan fingerprint density at radius 1 is 1.25 bits per heavy atom. The number of hydrogen-bond acceptors (Lipinski definition) is 3. The predicted octanol–water partition coefficient (Wildman–Crippen LogP) is 2.37. The van der Waals surface area contributed by atoms with E-state index in [0.29, 0.717) is 0 Å². The summed E-state index contributed by atoms with van der Waals surface area (Å²) in [5.41, 5.74) is -0.373. The fourth-order valence-corrected chi connectivity index (χ4v) is 3.75. The van der Waals surface area contributed by atoms with Gasteiger partial charge in [0, 0.05) is 18.8 Å². The molecule has 0 bridgehead atoms. The van der Waals surface area contributed by atoms with Crippen molar-refractivity contribution in [2.45, 2.75) is 44.6 Å². The van der Waals surface area contributed by atoms with Crippen molar-refractivity contribution < 1.29 is 5.11 Å². The molecule has 0 amide bonds. The fourth-order valence-electron chi connectivity index (χ4n) is 2.83. The standard InChI is InChI=1S/C13H25NOS/c1-12-3-5-13(15,6-4-12)11-14-7-2-9-16-10-8-14/h12,15H,2-11H2,1H3. The van der Waals surface area contributed by atoms with Gasteiger partial charge in [-0.05, 0) is 50.3 Å². The SMILES string of the molecule is CC1CCC(O)(CN2CCCSCC2)CC1. The molecule has 3 heteroatoms. The van der Waals surface area contributed by atoms with Crippen LogP contribution in [0.1, 0.15) is 39.0 Å². The van der Waals surface area contributed by atoms with Crippen LogP contribution in [-0.2, 0) is 0 Å². The summed E-state index contributed by atoms with van der Waals surface area (Å²) in [5, 5.41) is 10.6. The minimum absolute atomic E-state index is 0.373. The third kappa shape index (κ3) is 3.64. The van der Waals surface area contributed by atoms with Crippen LogP contribution in [0.3, 0.4) is 0 Å². The largest absolute Gasteiger partial charge is 0.389 e. The van der Waals surface area contributed by atoms with E-state index in [4.69, 9.17) is 0 Å². The van der Waals surface area contributed by atoms with Gasteiger partial charge in [-0.3, -0.25) is 4.90 Å². The number of hydrogen-bond donors (Lipinski definition) is 1. The van der Waals surface area contributed by atoms with Crippen molar-refractivity contribution in [1.82, 2.24) is 4.90 Å². The van der Waals surface area contributed by atoms with E-state index in [1.165, 1.54) is 43.9 Å². The van der Waals surface area contributed by atoms with Gasteiger partial charge in [0.1, 0.15) is 0 Å². The Labute approximate surface area is 104 Å². The third-order valence-corrected chi connectivity index (χ3v) is 5.09. The van der Waals surface area contributed by atoms with Gasteiger partial charge in [0.2, 0.25) is 0 Å². The fraction of sp³-hybridized carbons (Fsp3) is 1.00. The molecule has 0 radical (unpaired) electrons. The van der Waals surface area contributed by atoms with Crippen molar-refractivity contribution in [3.05, 3.63) is 0 Å². The van der Waals surface area contributed by atoms with Gasteiger partial charge in [-0.15, -0.1) is 0 Å². The molecule has 0 aromatic rings. The van der Waals surface area contributed by atoms with Crippen LogP contribution in [0.25, 0.3) is 0 Å². The zero-order valence-electron chi connectivity index (χ0n) is 10.5. The van der Waals surface area contributed by atoms with Crippen LogP contribution in [0.15, 0.2) is 0 Å². The topological polar surface area (TPSA) is 23.5 Å². The normalized spacial score (nSPS) is 38.2. The van der Waals surface area contributed by atoms with Crippen molar-refractivity contribution in [3.63, 3.8) is 0 Å². The minimum Gasteiger partial charge on any atom is -0.389 e. The van der Waals surface area contributed by atoms with E-state index in [9.17, 15) is 5.11 Å². The molecule has 0 atom stereocenters. The summed E-state index contributed by atoms with van der Waals surface area (Å²) in [6.07, 6.45) is 5.73. The summed E-state index contributed by atoms with van der Waals surface area (Å²) in [6.45, 7) is 5.58. The van der Waals surface area contributed by atoms with Crippen molar-refractivity contribution in [3.8, 4) is 0 Å². The Morgan fingerprint density at radius 2 is 2.00 bits per heavy atom. The smallest absolute Gasteiger partial charge is 0.0774 e. The molecule has 0 aromatic carbocycles. The first-order valence-corrected chi connectivity index (χ1v) is 7.86. The average molecular weight is 243 g/mol. The van der Waals surface area contributed by atoms with Crippen molar-refractivity contribution >= 4 is 11.8 Å². The summed E-state index contributed by atoms with van der Waals surface area (Å²) >= 11 is 2.06. The third-order valence-electron chi connectivity index (χ3n) is 4.04. The molecule has 16 heavy (non-hydrogen) atoms. The Morgan fingerprint density at radius 3 is 2.75 bits per heavy atom. The average Bonchev–Trinajstić information content (AvgIpc) is 2.51. The number of nitrogens with zero attached hydrogens (tertiary/aromatic N) is 1. The zero-order chi connectivity index (χ0) is 11.4. The molecule has 1 saturated carbocycles. The van der Waals surface area contributed by atoms with Gasteiger partial charge in [0.15, 0.2) is 0 Å². The maximum Gasteiger partial charge on any atom is 0.0774 e. The first-order valence-electron chi connectivity index (χ1n) is 6.70. The second-order valence-electron chi connectivity index (χ2n) is 5.65. The molecule has 0 unspecified atom stereocenters. The Hall–Kier alpha value is 0.270. The van der Waals surface area contributed by atoms with E-state index in [0.717, 1.165) is 25.3 Å². The van der Waals surface area contributed by atoms with Crippen molar-refractivity contribution in [2.75, 3.05) is 31.1 Å². The lowest BCUT2D eigenvalue weighted by Crippen LogP contribution is -2.46. The van der Waals surface area contributed by atoms with Crippen LogP contribution in [0.5, 0.6) is 0 Å². The van der Waals surface area contributed by atoms with Crippen LogP contribution in [-0.4, -0.2) is 46.7 Å². The van der Waals surface area contributed by atoms with Gasteiger partial charge in [0.05, 0.1) is 5.60 Å². The van der Waals surface area contributed by atoms with Crippen LogP contribution < -0.4 is 0 Å². The summed E-state index contributed by atoms with van der Waals surface area (Å²) in [7, 11) is 0. The molecule has 1 aliphatic carbocycles.